The summed E-state index contributed by atoms with van der Waals surface area (Å²) < 4.78 is 5.54. The number of nitrogens with one attached hydrogen (secondary N) is 1. The summed E-state index contributed by atoms with van der Waals surface area (Å²) in [6.45, 7) is 1.65. The van der Waals surface area contributed by atoms with Crippen LogP contribution in [0.25, 0.3) is 0 Å². The molecule has 1 heterocycles. The Morgan fingerprint density at radius 3 is 2.85 bits per heavy atom. The van der Waals surface area contributed by atoms with Crippen LogP contribution in [-0.4, -0.2) is 20.7 Å². The second-order valence-corrected chi connectivity index (χ2v) is 5.31. The first kappa shape index (κ1) is 12.9. The van der Waals surface area contributed by atoms with Crippen LogP contribution in [0.4, 0.5) is 11.4 Å². The molecule has 0 aliphatic carbocycles. The molecule has 0 unspecified atom stereocenters. The van der Waals surface area contributed by atoms with Crippen molar-refractivity contribution in [2.75, 3.05) is 30.9 Å². The Bertz CT molecular complexity index is 608. The lowest BCUT2D eigenvalue weighted by Crippen LogP contribution is -2.12. The van der Waals surface area contributed by atoms with E-state index in [0.29, 0.717) is 0 Å². The van der Waals surface area contributed by atoms with Crippen molar-refractivity contribution in [2.45, 2.75) is 13.0 Å². The average molecular weight is 268 g/mol. The van der Waals surface area contributed by atoms with E-state index in [0.717, 1.165) is 31.0 Å². The molecule has 0 saturated carbocycles. The summed E-state index contributed by atoms with van der Waals surface area (Å²) in [5.74, 6) is 1.04. The summed E-state index contributed by atoms with van der Waals surface area (Å²) in [5, 5.41) is 3.52. The Kier molecular flexibility index (Phi) is 3.50. The zero-order valence-corrected chi connectivity index (χ0v) is 12.0. The maximum Gasteiger partial charge on any atom is 0.122 e. The number of rotatable bonds is 4. The number of anilines is 2. The molecule has 1 N–H and O–H groups in total. The van der Waals surface area contributed by atoms with E-state index in [1.54, 1.807) is 0 Å². The highest BCUT2D eigenvalue weighted by atomic mass is 16.5. The molecule has 2 aromatic carbocycles. The number of fused-ring (bicyclic) bond motifs is 1. The largest absolute Gasteiger partial charge is 0.493 e. The van der Waals surface area contributed by atoms with E-state index in [-0.39, 0.29) is 0 Å². The lowest BCUT2D eigenvalue weighted by Gasteiger charge is -2.18. The van der Waals surface area contributed by atoms with E-state index in [1.807, 2.05) is 0 Å². The van der Waals surface area contributed by atoms with Crippen LogP contribution in [0.15, 0.2) is 42.5 Å². The Morgan fingerprint density at radius 1 is 1.15 bits per heavy atom. The maximum atomic E-state index is 5.54. The molecule has 3 rings (SSSR count). The minimum Gasteiger partial charge on any atom is -0.493 e. The van der Waals surface area contributed by atoms with Gasteiger partial charge in [0.05, 0.1) is 18.0 Å². The normalized spacial score (nSPS) is 12.7. The Hall–Kier alpha value is -2.16. The molecule has 20 heavy (non-hydrogen) atoms. The van der Waals surface area contributed by atoms with Gasteiger partial charge in [0.2, 0.25) is 0 Å². The number of para-hydroxylation sites is 2. The molecule has 0 aromatic heterocycles. The molecule has 0 saturated heterocycles. The average Bonchev–Trinajstić information content (AvgIpc) is 2.92. The van der Waals surface area contributed by atoms with Crippen LogP contribution in [0.2, 0.25) is 0 Å². The first-order valence-electron chi connectivity index (χ1n) is 6.99. The maximum absolute atomic E-state index is 5.54. The van der Waals surface area contributed by atoms with Gasteiger partial charge >= 0.3 is 0 Å². The zero-order valence-electron chi connectivity index (χ0n) is 12.0. The third-order valence-corrected chi connectivity index (χ3v) is 3.62. The summed E-state index contributed by atoms with van der Waals surface area (Å²) in [6, 6.07) is 14.8. The van der Waals surface area contributed by atoms with Crippen molar-refractivity contribution >= 4 is 11.4 Å². The number of hydrogen-bond acceptors (Lipinski definition) is 3. The van der Waals surface area contributed by atoms with Crippen LogP contribution in [-0.2, 0) is 13.0 Å². The van der Waals surface area contributed by atoms with Crippen LogP contribution in [0, 0.1) is 0 Å². The Balaban J connectivity index is 1.74. The smallest absolute Gasteiger partial charge is 0.122 e. The summed E-state index contributed by atoms with van der Waals surface area (Å²) in [5.41, 5.74) is 4.99. The van der Waals surface area contributed by atoms with E-state index >= 15 is 0 Å². The lowest BCUT2D eigenvalue weighted by molar-refractivity contribution is 0.357. The number of ether oxygens (including phenoxy) is 1. The second-order valence-electron chi connectivity index (χ2n) is 5.31. The van der Waals surface area contributed by atoms with Gasteiger partial charge in [-0.15, -0.1) is 0 Å². The molecule has 3 nitrogen and oxygen atoms in total. The molecule has 3 heteroatoms. The van der Waals surface area contributed by atoms with Gasteiger partial charge in [-0.2, -0.15) is 0 Å². The van der Waals surface area contributed by atoms with E-state index in [2.05, 4.69) is 66.8 Å². The molecule has 2 aromatic rings. The van der Waals surface area contributed by atoms with Crippen LogP contribution in [0.1, 0.15) is 11.1 Å². The van der Waals surface area contributed by atoms with Crippen LogP contribution in [0.5, 0.6) is 5.75 Å². The highest BCUT2D eigenvalue weighted by Gasteiger charge is 2.12. The van der Waals surface area contributed by atoms with Crippen molar-refractivity contribution in [1.82, 2.24) is 0 Å². The molecule has 0 bridgehead atoms. The predicted octanol–water partition coefficient (Wildman–Crippen LogP) is 3.30. The van der Waals surface area contributed by atoms with Gasteiger partial charge in [-0.3, -0.25) is 0 Å². The molecule has 0 radical (unpaired) electrons. The third kappa shape index (κ3) is 2.57. The van der Waals surface area contributed by atoms with E-state index in [9.17, 15) is 0 Å². The summed E-state index contributed by atoms with van der Waals surface area (Å²) in [4.78, 5) is 2.12. The van der Waals surface area contributed by atoms with Crippen LogP contribution >= 0.6 is 0 Å². The molecular weight excluding hydrogens is 248 g/mol. The lowest BCUT2D eigenvalue weighted by atomic mass is 10.1. The van der Waals surface area contributed by atoms with Gasteiger partial charge in [-0.25, -0.2) is 0 Å². The standard InChI is InChI=1S/C17H20N2O/c1-19(2)16-6-4-3-5-15(16)18-12-13-7-8-17-14(11-13)9-10-20-17/h3-8,11,18H,9-10,12H2,1-2H3. The number of nitrogens with zero attached hydrogens (tertiary/aromatic N) is 1. The summed E-state index contributed by atoms with van der Waals surface area (Å²) >= 11 is 0. The molecule has 0 amide bonds. The van der Waals surface area contributed by atoms with Crippen molar-refractivity contribution < 1.29 is 4.74 Å². The second kappa shape index (κ2) is 5.45. The van der Waals surface area contributed by atoms with Gasteiger partial charge in [-0.05, 0) is 29.3 Å². The minimum absolute atomic E-state index is 0.815. The summed E-state index contributed by atoms with van der Waals surface area (Å²) in [6.07, 6.45) is 1.03. The molecular formula is C17H20N2O. The topological polar surface area (TPSA) is 24.5 Å². The van der Waals surface area contributed by atoms with Crippen molar-refractivity contribution in [3.05, 3.63) is 53.6 Å². The fourth-order valence-corrected chi connectivity index (χ4v) is 2.56. The van der Waals surface area contributed by atoms with E-state index < -0.39 is 0 Å². The molecule has 1 aliphatic heterocycles. The Morgan fingerprint density at radius 2 is 2.00 bits per heavy atom. The van der Waals surface area contributed by atoms with Gasteiger partial charge in [0.25, 0.3) is 0 Å². The van der Waals surface area contributed by atoms with Gasteiger partial charge in [0.1, 0.15) is 5.75 Å². The molecule has 0 fully saturated rings. The third-order valence-electron chi connectivity index (χ3n) is 3.62. The number of hydrogen-bond donors (Lipinski definition) is 1. The monoisotopic (exact) mass is 268 g/mol. The predicted molar refractivity (Wildman–Crippen MR) is 83.7 cm³/mol. The van der Waals surface area contributed by atoms with Gasteiger partial charge < -0.3 is 15.0 Å². The minimum atomic E-state index is 0.815. The van der Waals surface area contributed by atoms with Crippen molar-refractivity contribution in [3.63, 3.8) is 0 Å². The quantitative estimate of drug-likeness (QED) is 0.920. The Labute approximate surface area is 120 Å². The van der Waals surface area contributed by atoms with Gasteiger partial charge in [0.15, 0.2) is 0 Å². The molecule has 104 valence electrons. The molecule has 1 aliphatic rings. The fourth-order valence-electron chi connectivity index (χ4n) is 2.56. The molecule has 0 atom stereocenters. The van der Waals surface area contributed by atoms with Crippen LogP contribution in [0.3, 0.4) is 0 Å². The highest BCUT2D eigenvalue weighted by Crippen LogP contribution is 2.27. The SMILES string of the molecule is CN(C)c1ccccc1NCc1ccc2c(c1)CCO2. The fraction of sp³-hybridized carbons (Fsp3) is 0.294. The van der Waals surface area contributed by atoms with Crippen LogP contribution < -0.4 is 15.0 Å². The van der Waals surface area contributed by atoms with E-state index in [1.165, 1.54) is 16.8 Å². The zero-order chi connectivity index (χ0) is 13.9. The highest BCUT2D eigenvalue weighted by molar-refractivity contribution is 5.69. The summed E-state index contributed by atoms with van der Waals surface area (Å²) in [7, 11) is 4.13. The van der Waals surface area contributed by atoms with Gasteiger partial charge in [-0.1, -0.05) is 24.3 Å². The van der Waals surface area contributed by atoms with Gasteiger partial charge in [0, 0.05) is 27.1 Å². The van der Waals surface area contributed by atoms with Crippen molar-refractivity contribution in [2.24, 2.45) is 0 Å². The van der Waals surface area contributed by atoms with Crippen molar-refractivity contribution in [3.8, 4) is 5.75 Å². The first-order chi connectivity index (χ1) is 9.74. The van der Waals surface area contributed by atoms with Crippen molar-refractivity contribution in [1.29, 1.82) is 0 Å². The molecule has 0 spiro atoms. The first-order valence-corrected chi connectivity index (χ1v) is 6.99. The van der Waals surface area contributed by atoms with E-state index in [4.69, 9.17) is 4.74 Å². The number of benzene rings is 2.